The number of alkyl carbamates (subject to hydrolysis) is 1. The van der Waals surface area contributed by atoms with Crippen molar-refractivity contribution in [3.05, 3.63) is 40.0 Å². The second kappa shape index (κ2) is 15.5. The summed E-state index contributed by atoms with van der Waals surface area (Å²) < 4.78 is 10.4. The van der Waals surface area contributed by atoms with Gasteiger partial charge in [0.15, 0.2) is 0 Å². The number of unbranched alkanes of at least 4 members (excludes halogenated alkanes) is 1. The number of Topliss-reactive ketones (excluding diaryl/α,β-unsaturated/α-hetero) is 1. The fourth-order valence-corrected chi connectivity index (χ4v) is 3.42. The van der Waals surface area contributed by atoms with E-state index >= 15 is 0 Å². The molecule has 0 saturated heterocycles. The molecule has 37 heavy (non-hydrogen) atoms. The van der Waals surface area contributed by atoms with Gasteiger partial charge in [-0.1, -0.05) is 25.5 Å². The molecular weight excluding hydrogens is 500 g/mol. The van der Waals surface area contributed by atoms with Crippen LogP contribution < -0.4 is 16.0 Å². The number of hydrogen-bond acceptors (Lipinski definition) is 9. The number of rotatable bonds is 13. The highest BCUT2D eigenvalue weighted by Gasteiger charge is 2.20. The normalized spacial score (nSPS) is 12.5. The van der Waals surface area contributed by atoms with Crippen molar-refractivity contribution in [3.63, 3.8) is 0 Å². The Morgan fingerprint density at radius 3 is 2.46 bits per heavy atom. The molecule has 1 atom stereocenters. The summed E-state index contributed by atoms with van der Waals surface area (Å²) in [7, 11) is 0. The van der Waals surface area contributed by atoms with E-state index in [0.717, 1.165) is 24.2 Å². The van der Waals surface area contributed by atoms with Crippen LogP contribution in [0.15, 0.2) is 29.3 Å². The third kappa shape index (κ3) is 13.4. The Morgan fingerprint density at radius 2 is 1.86 bits per heavy atom. The van der Waals surface area contributed by atoms with Gasteiger partial charge in [0.1, 0.15) is 40.4 Å². The Labute approximate surface area is 221 Å². The minimum atomic E-state index is -0.718. The zero-order chi connectivity index (χ0) is 28.0. The lowest BCUT2D eigenvalue weighted by molar-refractivity contribution is -0.147. The maximum absolute atomic E-state index is 12.5. The van der Waals surface area contributed by atoms with E-state index in [0.29, 0.717) is 5.01 Å². The van der Waals surface area contributed by atoms with E-state index in [1.54, 1.807) is 33.8 Å². The summed E-state index contributed by atoms with van der Waals surface area (Å²) in [4.78, 5) is 64.5. The Hall–Kier alpha value is -3.54. The van der Waals surface area contributed by atoms with Crippen molar-refractivity contribution in [1.29, 1.82) is 0 Å². The van der Waals surface area contributed by atoms with Crippen LogP contribution in [0.5, 0.6) is 0 Å². The zero-order valence-electron chi connectivity index (χ0n) is 22.1. The predicted molar refractivity (Wildman–Crippen MR) is 139 cm³/mol. The van der Waals surface area contributed by atoms with E-state index < -0.39 is 42.1 Å². The van der Waals surface area contributed by atoms with Gasteiger partial charge in [0.2, 0.25) is 0 Å². The Balaban J connectivity index is 2.60. The Bertz CT molecular complexity index is 1020. The molecule has 3 N–H and O–H groups in total. The van der Waals surface area contributed by atoms with E-state index in [2.05, 4.69) is 20.9 Å². The molecule has 0 radical (unpaired) electrons. The van der Waals surface area contributed by atoms with Crippen molar-refractivity contribution < 1.29 is 33.4 Å². The molecule has 11 nitrogen and oxygen atoms in total. The summed E-state index contributed by atoms with van der Waals surface area (Å²) in [5.41, 5.74) is -0.661. The molecule has 0 aliphatic heterocycles. The number of amides is 3. The quantitative estimate of drug-likeness (QED) is 0.197. The Kier molecular flexibility index (Phi) is 13.2. The summed E-state index contributed by atoms with van der Waals surface area (Å²) in [6.45, 7) is 9.81. The topological polar surface area (TPSA) is 153 Å². The molecule has 1 aromatic rings. The minimum Gasteiger partial charge on any atom is -0.456 e. The number of aromatic nitrogens is 1. The molecule has 1 rings (SSSR count). The molecular formula is C25H36N4O7S. The van der Waals surface area contributed by atoms with Gasteiger partial charge in [-0.15, -0.1) is 11.3 Å². The number of carbonyl (C=O) groups excluding carboxylic acids is 5. The highest BCUT2D eigenvalue weighted by molar-refractivity contribution is 7.09. The molecule has 0 aliphatic carbocycles. The van der Waals surface area contributed by atoms with Gasteiger partial charge in [-0.25, -0.2) is 9.78 Å². The van der Waals surface area contributed by atoms with Crippen LogP contribution in [0.2, 0.25) is 0 Å². The van der Waals surface area contributed by atoms with Crippen LogP contribution in [0.3, 0.4) is 0 Å². The lowest BCUT2D eigenvalue weighted by atomic mass is 10.1. The van der Waals surface area contributed by atoms with Crippen molar-refractivity contribution in [2.24, 2.45) is 0 Å². The third-order valence-corrected chi connectivity index (χ3v) is 5.17. The first-order valence-corrected chi connectivity index (χ1v) is 12.7. The second-order valence-electron chi connectivity index (χ2n) is 8.97. The largest absolute Gasteiger partial charge is 0.456 e. The smallest absolute Gasteiger partial charge is 0.408 e. The van der Waals surface area contributed by atoms with E-state index in [4.69, 9.17) is 9.47 Å². The molecule has 204 valence electrons. The number of hydrogen-bond donors (Lipinski definition) is 3. The van der Waals surface area contributed by atoms with Crippen LogP contribution in [0, 0.1) is 0 Å². The zero-order valence-corrected chi connectivity index (χ0v) is 23.0. The maximum Gasteiger partial charge on any atom is 0.408 e. The van der Waals surface area contributed by atoms with E-state index in [9.17, 15) is 24.0 Å². The van der Waals surface area contributed by atoms with Gasteiger partial charge in [-0.05, 0) is 47.1 Å². The third-order valence-electron chi connectivity index (χ3n) is 4.32. The summed E-state index contributed by atoms with van der Waals surface area (Å²) in [6, 6.07) is 0. The van der Waals surface area contributed by atoms with Crippen molar-refractivity contribution >= 4 is 41.0 Å². The minimum absolute atomic E-state index is 0.0407. The summed E-state index contributed by atoms with van der Waals surface area (Å²) in [5, 5.41) is 9.36. The number of carbonyl (C=O) groups is 5. The molecule has 0 aliphatic rings. The number of allylic oxidation sites excluding steroid dienone is 2. The van der Waals surface area contributed by atoms with Crippen LogP contribution >= 0.6 is 11.3 Å². The summed E-state index contributed by atoms with van der Waals surface area (Å²) in [5.74, 6) is -2.18. The van der Waals surface area contributed by atoms with Crippen LogP contribution in [-0.2, 0) is 30.4 Å². The number of ketones is 1. The Morgan fingerprint density at radius 1 is 1.16 bits per heavy atom. The summed E-state index contributed by atoms with van der Waals surface area (Å²) >= 11 is 1.16. The molecule has 0 fully saturated rings. The molecule has 0 saturated carbocycles. The van der Waals surface area contributed by atoms with Gasteiger partial charge in [0, 0.05) is 11.8 Å². The molecule has 12 heteroatoms. The van der Waals surface area contributed by atoms with E-state index in [-0.39, 0.29) is 30.1 Å². The number of nitrogens with zero attached hydrogens (tertiary/aromatic N) is 1. The molecule has 1 heterocycles. The van der Waals surface area contributed by atoms with E-state index in [1.165, 1.54) is 18.4 Å². The molecule has 0 aromatic carbocycles. The van der Waals surface area contributed by atoms with E-state index in [1.807, 2.05) is 13.0 Å². The van der Waals surface area contributed by atoms with Crippen LogP contribution in [-0.4, -0.2) is 52.9 Å². The van der Waals surface area contributed by atoms with Crippen LogP contribution in [0.4, 0.5) is 4.79 Å². The van der Waals surface area contributed by atoms with Gasteiger partial charge >= 0.3 is 12.1 Å². The molecule has 1 unspecified atom stereocenters. The van der Waals surface area contributed by atoms with Crippen molar-refractivity contribution in [2.75, 3.05) is 6.54 Å². The molecule has 0 bridgehead atoms. The maximum atomic E-state index is 12.5. The highest BCUT2D eigenvalue weighted by Crippen LogP contribution is 2.11. The van der Waals surface area contributed by atoms with Crippen LogP contribution in [0.1, 0.15) is 76.3 Å². The number of esters is 1. The van der Waals surface area contributed by atoms with Crippen molar-refractivity contribution in [1.82, 2.24) is 20.9 Å². The van der Waals surface area contributed by atoms with Gasteiger partial charge < -0.3 is 25.4 Å². The lowest BCUT2D eigenvalue weighted by Crippen LogP contribution is -2.38. The van der Waals surface area contributed by atoms with Gasteiger partial charge in [-0.3, -0.25) is 19.2 Å². The van der Waals surface area contributed by atoms with Gasteiger partial charge in [-0.2, -0.15) is 0 Å². The fourth-order valence-electron chi connectivity index (χ4n) is 2.71. The summed E-state index contributed by atoms with van der Waals surface area (Å²) in [6.07, 6.45) is 5.30. The lowest BCUT2D eigenvalue weighted by Gasteiger charge is -2.19. The molecule has 0 spiro atoms. The molecule has 1 aromatic heterocycles. The second-order valence-corrected chi connectivity index (χ2v) is 9.92. The molecule has 3 amide bonds. The SMILES string of the molecule is C/C=C(\NC(=O)c1csc(CNC(=O)OC(C)(C)C)n1)C(=O)NCC(=O)OC(/C=C/CCC)CC(C)=O. The van der Waals surface area contributed by atoms with Gasteiger partial charge in [0.05, 0.1) is 6.54 Å². The average molecular weight is 537 g/mol. The first-order chi connectivity index (χ1) is 17.3. The predicted octanol–water partition coefficient (Wildman–Crippen LogP) is 3.16. The standard InChI is InChI=1S/C25H36N4O7S/c1-7-9-10-11-17(12-16(3)30)35-21(31)14-26-22(32)18(8-2)29-23(33)19-15-37-20(28-19)13-27-24(34)36-25(4,5)6/h8,10-11,15,17H,7,9,12-14H2,1-6H3,(H,26,32)(H,27,34)(H,29,33)/b11-10+,18-8-. The van der Waals surface area contributed by atoms with Gasteiger partial charge in [0.25, 0.3) is 11.8 Å². The number of ether oxygens (including phenoxy) is 2. The first kappa shape index (κ1) is 31.5. The number of nitrogens with one attached hydrogen (secondary N) is 3. The fraction of sp³-hybridized carbons (Fsp3) is 0.520. The van der Waals surface area contributed by atoms with Crippen molar-refractivity contribution in [2.45, 2.75) is 79.1 Å². The monoisotopic (exact) mass is 536 g/mol. The average Bonchev–Trinajstić information content (AvgIpc) is 3.27. The first-order valence-electron chi connectivity index (χ1n) is 11.9. The highest BCUT2D eigenvalue weighted by atomic mass is 32.1. The van der Waals surface area contributed by atoms with Crippen molar-refractivity contribution in [3.8, 4) is 0 Å². The number of thiazole rings is 1. The van der Waals surface area contributed by atoms with Crippen LogP contribution in [0.25, 0.3) is 0 Å².